The van der Waals surface area contributed by atoms with Crippen molar-refractivity contribution in [2.75, 3.05) is 0 Å². The molecule has 17 heavy (non-hydrogen) atoms. The van der Waals surface area contributed by atoms with Crippen molar-refractivity contribution < 1.29 is 8.42 Å². The van der Waals surface area contributed by atoms with Crippen LogP contribution < -0.4 is 0 Å². The molecule has 0 aliphatic heterocycles. The van der Waals surface area contributed by atoms with Gasteiger partial charge in [-0.05, 0) is 29.8 Å². The first-order chi connectivity index (χ1) is 8.08. The molecule has 1 aromatic heterocycles. The van der Waals surface area contributed by atoms with Crippen LogP contribution in [0.5, 0.6) is 0 Å². The number of aromatic nitrogens is 1. The molecule has 1 aromatic carbocycles. The number of nitrogens with zero attached hydrogens (tertiary/aromatic N) is 1. The van der Waals surface area contributed by atoms with Gasteiger partial charge in [-0.3, -0.25) is 0 Å². The fraction of sp³-hybridized carbons (Fsp3) is 0.0833. The molecule has 3 nitrogen and oxygen atoms in total. The van der Waals surface area contributed by atoms with Gasteiger partial charge in [0.25, 0.3) is 0 Å². The van der Waals surface area contributed by atoms with E-state index in [1.165, 1.54) is 12.3 Å². The summed E-state index contributed by atoms with van der Waals surface area (Å²) < 4.78 is 24.0. The van der Waals surface area contributed by atoms with Gasteiger partial charge in [-0.1, -0.05) is 29.8 Å². The van der Waals surface area contributed by atoms with E-state index in [2.05, 4.69) is 4.98 Å². The van der Waals surface area contributed by atoms with E-state index in [0.29, 0.717) is 10.6 Å². The fourth-order valence-corrected chi connectivity index (χ4v) is 2.82. The summed E-state index contributed by atoms with van der Waals surface area (Å²) in [6.45, 7) is 0. The predicted molar refractivity (Wildman–Crippen MR) is 66.6 cm³/mol. The van der Waals surface area contributed by atoms with Crippen LogP contribution in [0.25, 0.3) is 0 Å². The lowest BCUT2D eigenvalue weighted by Crippen LogP contribution is -2.06. The van der Waals surface area contributed by atoms with Crippen molar-refractivity contribution in [3.8, 4) is 0 Å². The molecule has 0 radical (unpaired) electrons. The standard InChI is InChI=1S/C12H10ClNO2S/c13-11-6-4-10(5-7-11)9-17(15,16)12-3-1-2-8-14-12/h1-8H,9H2. The molecule has 1 heterocycles. The highest BCUT2D eigenvalue weighted by atomic mass is 35.5. The number of halogens is 1. The highest BCUT2D eigenvalue weighted by molar-refractivity contribution is 7.90. The molecule has 2 aromatic rings. The molecule has 0 N–H and O–H groups in total. The van der Waals surface area contributed by atoms with E-state index in [9.17, 15) is 8.42 Å². The van der Waals surface area contributed by atoms with E-state index < -0.39 is 9.84 Å². The van der Waals surface area contributed by atoms with Crippen LogP contribution in [0, 0.1) is 0 Å². The van der Waals surface area contributed by atoms with Crippen molar-refractivity contribution in [3.63, 3.8) is 0 Å². The molecule has 0 amide bonds. The summed E-state index contributed by atoms with van der Waals surface area (Å²) in [7, 11) is -3.38. The summed E-state index contributed by atoms with van der Waals surface area (Å²) >= 11 is 5.74. The van der Waals surface area contributed by atoms with Gasteiger partial charge < -0.3 is 0 Å². The quantitative estimate of drug-likeness (QED) is 0.859. The Hall–Kier alpha value is -1.39. The maximum atomic E-state index is 12.0. The van der Waals surface area contributed by atoms with Crippen molar-refractivity contribution in [3.05, 3.63) is 59.2 Å². The molecule has 5 heteroatoms. The van der Waals surface area contributed by atoms with Gasteiger partial charge in [0.15, 0.2) is 14.9 Å². The average Bonchev–Trinajstić information content (AvgIpc) is 2.33. The minimum absolute atomic E-state index is 0.0683. The van der Waals surface area contributed by atoms with Gasteiger partial charge in [-0.25, -0.2) is 13.4 Å². The van der Waals surface area contributed by atoms with Gasteiger partial charge in [-0.2, -0.15) is 0 Å². The zero-order valence-corrected chi connectivity index (χ0v) is 10.4. The number of benzene rings is 1. The zero-order chi connectivity index (χ0) is 12.3. The lowest BCUT2D eigenvalue weighted by Gasteiger charge is -2.03. The van der Waals surface area contributed by atoms with Crippen LogP contribution in [-0.4, -0.2) is 13.4 Å². The second-order valence-corrected chi connectivity index (χ2v) is 5.93. The second kappa shape index (κ2) is 4.85. The minimum atomic E-state index is -3.38. The minimum Gasteiger partial charge on any atom is -0.245 e. The maximum Gasteiger partial charge on any atom is 0.199 e. The molecule has 0 aliphatic carbocycles. The lowest BCUT2D eigenvalue weighted by molar-refractivity contribution is 0.591. The molecular formula is C12H10ClNO2S. The van der Waals surface area contributed by atoms with E-state index in [0.717, 1.165) is 0 Å². The summed E-state index contributed by atoms with van der Waals surface area (Å²) in [5, 5.41) is 0.680. The van der Waals surface area contributed by atoms with E-state index >= 15 is 0 Å². The van der Waals surface area contributed by atoms with Crippen LogP contribution in [0.3, 0.4) is 0 Å². The summed E-state index contributed by atoms with van der Waals surface area (Å²) in [4.78, 5) is 3.85. The lowest BCUT2D eigenvalue weighted by atomic mass is 10.2. The third kappa shape index (κ3) is 3.05. The maximum absolute atomic E-state index is 12.0. The van der Waals surface area contributed by atoms with Crippen molar-refractivity contribution >= 4 is 21.4 Å². The summed E-state index contributed by atoms with van der Waals surface area (Å²) in [5.41, 5.74) is 0.694. The average molecular weight is 268 g/mol. The molecule has 0 spiro atoms. The Balaban J connectivity index is 2.27. The second-order valence-electron chi connectivity index (χ2n) is 3.55. The van der Waals surface area contributed by atoms with Crippen LogP contribution >= 0.6 is 11.6 Å². The van der Waals surface area contributed by atoms with Crippen molar-refractivity contribution in [1.82, 2.24) is 4.98 Å². The van der Waals surface area contributed by atoms with Crippen LogP contribution in [0.2, 0.25) is 5.02 Å². The van der Waals surface area contributed by atoms with Crippen LogP contribution in [0.1, 0.15) is 5.56 Å². The highest BCUT2D eigenvalue weighted by Crippen LogP contribution is 2.16. The Labute approximate surface area is 105 Å². The normalized spacial score (nSPS) is 11.4. The van der Waals surface area contributed by atoms with E-state index in [1.54, 1.807) is 36.4 Å². The molecule has 88 valence electrons. The number of rotatable bonds is 3. The van der Waals surface area contributed by atoms with Crippen molar-refractivity contribution in [2.24, 2.45) is 0 Å². The topological polar surface area (TPSA) is 47.0 Å². The van der Waals surface area contributed by atoms with Gasteiger partial charge in [-0.15, -0.1) is 0 Å². The molecule has 0 bridgehead atoms. The van der Waals surface area contributed by atoms with E-state index in [-0.39, 0.29) is 10.8 Å². The van der Waals surface area contributed by atoms with Crippen LogP contribution in [0.15, 0.2) is 53.7 Å². The van der Waals surface area contributed by atoms with Gasteiger partial charge in [0.2, 0.25) is 0 Å². The summed E-state index contributed by atoms with van der Waals surface area (Å²) in [5.74, 6) is -0.0683. The third-order valence-corrected chi connectivity index (χ3v) is 4.07. The Bertz CT molecular complexity index is 594. The monoisotopic (exact) mass is 267 g/mol. The molecule has 0 saturated heterocycles. The van der Waals surface area contributed by atoms with Crippen molar-refractivity contribution in [1.29, 1.82) is 0 Å². The fourth-order valence-electron chi connectivity index (χ4n) is 1.41. The van der Waals surface area contributed by atoms with Gasteiger partial charge >= 0.3 is 0 Å². The van der Waals surface area contributed by atoms with Crippen LogP contribution in [-0.2, 0) is 15.6 Å². The Kier molecular flexibility index (Phi) is 3.45. The predicted octanol–water partition coefficient (Wildman–Crippen LogP) is 2.71. The molecule has 0 atom stereocenters. The highest BCUT2D eigenvalue weighted by Gasteiger charge is 2.15. The molecular weight excluding hydrogens is 258 g/mol. The number of hydrogen-bond acceptors (Lipinski definition) is 3. The number of sulfone groups is 1. The molecule has 2 rings (SSSR count). The summed E-state index contributed by atoms with van der Waals surface area (Å²) in [6.07, 6.45) is 1.47. The first-order valence-electron chi connectivity index (χ1n) is 4.96. The largest absolute Gasteiger partial charge is 0.245 e. The Morgan fingerprint density at radius 3 is 2.35 bits per heavy atom. The van der Waals surface area contributed by atoms with Crippen LogP contribution in [0.4, 0.5) is 0 Å². The first kappa shape index (κ1) is 12.1. The Morgan fingerprint density at radius 2 is 1.76 bits per heavy atom. The number of pyridine rings is 1. The van der Waals surface area contributed by atoms with E-state index in [4.69, 9.17) is 11.6 Å². The zero-order valence-electron chi connectivity index (χ0n) is 8.88. The smallest absolute Gasteiger partial charge is 0.199 e. The third-order valence-electron chi connectivity index (χ3n) is 2.23. The SMILES string of the molecule is O=S(=O)(Cc1ccc(Cl)cc1)c1ccccn1. The van der Waals surface area contributed by atoms with Gasteiger partial charge in [0.1, 0.15) is 0 Å². The number of hydrogen-bond donors (Lipinski definition) is 0. The first-order valence-corrected chi connectivity index (χ1v) is 6.99. The summed E-state index contributed by atoms with van der Waals surface area (Å²) in [6, 6.07) is 11.6. The van der Waals surface area contributed by atoms with E-state index in [1.807, 2.05) is 0 Å². The van der Waals surface area contributed by atoms with Crippen molar-refractivity contribution in [2.45, 2.75) is 10.8 Å². The molecule has 0 aliphatic rings. The van der Waals surface area contributed by atoms with Gasteiger partial charge in [0, 0.05) is 11.2 Å². The van der Waals surface area contributed by atoms with Gasteiger partial charge in [0.05, 0.1) is 5.75 Å². The molecule has 0 saturated carbocycles. The Morgan fingerprint density at radius 1 is 1.06 bits per heavy atom. The molecule has 0 unspecified atom stereocenters. The molecule has 0 fully saturated rings.